The van der Waals surface area contributed by atoms with Gasteiger partial charge in [-0.2, -0.15) is 4.68 Å². The second-order valence-electron chi connectivity index (χ2n) is 7.88. The molecule has 1 aliphatic rings. The normalized spacial score (nSPS) is 20.3. The van der Waals surface area contributed by atoms with E-state index < -0.39 is 5.60 Å². The topological polar surface area (TPSA) is 81.9 Å². The molecule has 1 heterocycles. The minimum atomic E-state index is -0.458. The number of tetrazole rings is 1. The Kier molecular flexibility index (Phi) is 6.36. The van der Waals surface area contributed by atoms with Gasteiger partial charge in [-0.15, -0.1) is 5.10 Å². The number of carbonyl (C=O) groups excluding carboxylic acids is 1. The summed E-state index contributed by atoms with van der Waals surface area (Å²) in [6.45, 7) is 5.64. The van der Waals surface area contributed by atoms with Gasteiger partial charge in [0, 0.05) is 11.8 Å². The van der Waals surface area contributed by atoms with E-state index in [4.69, 9.17) is 4.74 Å². The standard InChI is InChI=1S/C19H27N5O2S/c1-19(2,3)26-18(25)20-15-11-9-14(10-12-15)13-27-17-21-22-23-24(17)16-7-5-4-6-8-16/h4-8,14-15H,9-13H2,1-3H3,(H,20,25)/t14-,15-. The average molecular weight is 390 g/mol. The SMILES string of the molecule is CC(C)(C)OC(=O)N[C@H]1CC[C@H](CSc2nnnn2-c2ccccc2)CC1. The number of rotatable bonds is 5. The second kappa shape index (κ2) is 8.73. The number of benzene rings is 1. The van der Waals surface area contributed by atoms with E-state index in [1.165, 1.54) is 0 Å². The molecule has 0 saturated heterocycles. The molecule has 0 bridgehead atoms. The van der Waals surface area contributed by atoms with Gasteiger partial charge in [0.15, 0.2) is 0 Å². The van der Waals surface area contributed by atoms with Crippen LogP contribution in [0.4, 0.5) is 4.79 Å². The number of aromatic nitrogens is 4. The van der Waals surface area contributed by atoms with Crippen molar-refractivity contribution in [3.63, 3.8) is 0 Å². The lowest BCUT2D eigenvalue weighted by molar-refractivity contribution is 0.0488. The third-order valence-electron chi connectivity index (χ3n) is 4.46. The Morgan fingerprint density at radius 2 is 1.93 bits per heavy atom. The van der Waals surface area contributed by atoms with Gasteiger partial charge in [-0.25, -0.2) is 4.79 Å². The summed E-state index contributed by atoms with van der Waals surface area (Å²) in [5.74, 6) is 1.58. The number of alkyl carbamates (subject to hydrolysis) is 1. The Labute approximate surface area is 164 Å². The van der Waals surface area contributed by atoms with E-state index in [0.29, 0.717) is 5.92 Å². The van der Waals surface area contributed by atoms with Crippen molar-refractivity contribution in [3.05, 3.63) is 30.3 Å². The fraction of sp³-hybridized carbons (Fsp3) is 0.579. The zero-order valence-electron chi connectivity index (χ0n) is 16.1. The van der Waals surface area contributed by atoms with Crippen molar-refractivity contribution in [2.24, 2.45) is 5.92 Å². The molecule has 146 valence electrons. The van der Waals surface area contributed by atoms with Crippen LogP contribution in [-0.2, 0) is 4.74 Å². The smallest absolute Gasteiger partial charge is 0.407 e. The van der Waals surface area contributed by atoms with E-state index in [-0.39, 0.29) is 12.1 Å². The highest BCUT2D eigenvalue weighted by Gasteiger charge is 2.25. The molecule has 0 atom stereocenters. The molecule has 0 unspecified atom stereocenters. The summed E-state index contributed by atoms with van der Waals surface area (Å²) >= 11 is 1.69. The first-order chi connectivity index (χ1) is 12.9. The summed E-state index contributed by atoms with van der Waals surface area (Å²) in [4.78, 5) is 11.9. The molecule has 1 amide bonds. The van der Waals surface area contributed by atoms with Crippen LogP contribution in [0.1, 0.15) is 46.5 Å². The van der Waals surface area contributed by atoms with Crippen LogP contribution in [0.2, 0.25) is 0 Å². The van der Waals surface area contributed by atoms with Crippen LogP contribution >= 0.6 is 11.8 Å². The lowest BCUT2D eigenvalue weighted by Gasteiger charge is -2.29. The molecule has 1 aromatic heterocycles. The molecule has 2 aromatic rings. The van der Waals surface area contributed by atoms with Gasteiger partial charge < -0.3 is 10.1 Å². The number of nitrogens with one attached hydrogen (secondary N) is 1. The van der Waals surface area contributed by atoms with E-state index in [9.17, 15) is 4.79 Å². The van der Waals surface area contributed by atoms with Crippen LogP contribution in [0.3, 0.4) is 0 Å². The highest BCUT2D eigenvalue weighted by molar-refractivity contribution is 7.99. The van der Waals surface area contributed by atoms with Crippen molar-refractivity contribution >= 4 is 17.9 Å². The van der Waals surface area contributed by atoms with Crippen molar-refractivity contribution in [3.8, 4) is 5.69 Å². The Hall–Kier alpha value is -2.09. The molecule has 1 aliphatic carbocycles. The van der Waals surface area contributed by atoms with Gasteiger partial charge in [0.1, 0.15) is 5.60 Å². The van der Waals surface area contributed by atoms with Crippen LogP contribution in [0.15, 0.2) is 35.5 Å². The summed E-state index contributed by atoms with van der Waals surface area (Å²) in [6.07, 6.45) is 3.81. The summed E-state index contributed by atoms with van der Waals surface area (Å²) < 4.78 is 7.12. The monoisotopic (exact) mass is 389 g/mol. The number of hydrogen-bond acceptors (Lipinski definition) is 6. The van der Waals surface area contributed by atoms with Crippen LogP contribution in [0.25, 0.3) is 5.69 Å². The third-order valence-corrected chi connectivity index (χ3v) is 5.61. The molecule has 27 heavy (non-hydrogen) atoms. The predicted octanol–water partition coefficient (Wildman–Crippen LogP) is 3.84. The molecule has 0 spiro atoms. The van der Waals surface area contributed by atoms with Crippen LogP contribution in [0.5, 0.6) is 0 Å². The quantitative estimate of drug-likeness (QED) is 0.783. The van der Waals surface area contributed by atoms with E-state index in [0.717, 1.165) is 42.3 Å². The summed E-state index contributed by atoms with van der Waals surface area (Å²) in [6, 6.07) is 10.1. The molecular weight excluding hydrogens is 362 g/mol. The Morgan fingerprint density at radius 1 is 1.22 bits per heavy atom. The van der Waals surface area contributed by atoms with Gasteiger partial charge in [0.2, 0.25) is 5.16 Å². The average Bonchev–Trinajstić information content (AvgIpc) is 3.09. The van der Waals surface area contributed by atoms with Crippen molar-refractivity contribution in [2.75, 3.05) is 5.75 Å². The van der Waals surface area contributed by atoms with Gasteiger partial charge in [-0.05, 0) is 74.9 Å². The van der Waals surface area contributed by atoms with Crippen LogP contribution in [0, 0.1) is 5.92 Å². The number of amides is 1. The zero-order valence-corrected chi connectivity index (χ0v) is 16.9. The third kappa shape index (κ3) is 5.95. The van der Waals surface area contributed by atoms with Gasteiger partial charge >= 0.3 is 6.09 Å². The maximum Gasteiger partial charge on any atom is 0.407 e. The molecule has 1 fully saturated rings. The molecule has 1 saturated carbocycles. The van der Waals surface area contributed by atoms with Crippen molar-refractivity contribution in [1.29, 1.82) is 0 Å². The Bertz CT molecular complexity index is 736. The minimum absolute atomic E-state index is 0.204. The van der Waals surface area contributed by atoms with Gasteiger partial charge in [0.05, 0.1) is 5.69 Å². The molecule has 1 N–H and O–H groups in total. The molecule has 0 aliphatic heterocycles. The van der Waals surface area contributed by atoms with E-state index >= 15 is 0 Å². The maximum absolute atomic E-state index is 11.9. The number of carbonyl (C=O) groups is 1. The number of nitrogens with zero attached hydrogens (tertiary/aromatic N) is 4. The maximum atomic E-state index is 11.9. The molecule has 7 nitrogen and oxygen atoms in total. The molecular formula is C19H27N5O2S. The first-order valence-corrected chi connectivity index (χ1v) is 10.4. The number of para-hydroxylation sites is 1. The fourth-order valence-electron chi connectivity index (χ4n) is 3.14. The summed E-state index contributed by atoms with van der Waals surface area (Å²) in [5.41, 5.74) is 0.510. The first-order valence-electron chi connectivity index (χ1n) is 9.37. The molecule has 8 heteroatoms. The number of thioether (sulfide) groups is 1. The summed E-state index contributed by atoms with van der Waals surface area (Å²) in [7, 11) is 0. The second-order valence-corrected chi connectivity index (χ2v) is 8.87. The van der Waals surface area contributed by atoms with Crippen LogP contribution < -0.4 is 5.32 Å². The Balaban J connectivity index is 1.44. The number of ether oxygens (including phenoxy) is 1. The predicted molar refractivity (Wildman–Crippen MR) is 105 cm³/mol. The van der Waals surface area contributed by atoms with Crippen molar-refractivity contribution in [2.45, 2.75) is 63.3 Å². The van der Waals surface area contributed by atoms with Crippen LogP contribution in [-0.4, -0.2) is 43.7 Å². The van der Waals surface area contributed by atoms with Gasteiger partial charge in [-0.1, -0.05) is 30.0 Å². The van der Waals surface area contributed by atoms with Crippen molar-refractivity contribution in [1.82, 2.24) is 25.5 Å². The van der Waals surface area contributed by atoms with E-state index in [1.807, 2.05) is 51.1 Å². The highest BCUT2D eigenvalue weighted by atomic mass is 32.2. The van der Waals surface area contributed by atoms with E-state index in [1.54, 1.807) is 16.4 Å². The summed E-state index contributed by atoms with van der Waals surface area (Å²) in [5, 5.41) is 15.9. The van der Waals surface area contributed by atoms with Gasteiger partial charge in [-0.3, -0.25) is 0 Å². The largest absolute Gasteiger partial charge is 0.444 e. The Morgan fingerprint density at radius 3 is 2.59 bits per heavy atom. The number of hydrogen-bond donors (Lipinski definition) is 1. The minimum Gasteiger partial charge on any atom is -0.444 e. The lowest BCUT2D eigenvalue weighted by atomic mass is 9.87. The molecule has 1 aromatic carbocycles. The van der Waals surface area contributed by atoms with E-state index in [2.05, 4.69) is 20.8 Å². The molecule has 0 radical (unpaired) electrons. The van der Waals surface area contributed by atoms with Crippen molar-refractivity contribution < 1.29 is 9.53 Å². The van der Waals surface area contributed by atoms with Gasteiger partial charge in [0.25, 0.3) is 0 Å². The fourth-order valence-corrected chi connectivity index (χ4v) is 4.22. The lowest BCUT2D eigenvalue weighted by Crippen LogP contribution is -2.41. The first kappa shape index (κ1) is 19.7. The zero-order chi connectivity index (χ0) is 19.3. The highest BCUT2D eigenvalue weighted by Crippen LogP contribution is 2.30. The molecule has 3 rings (SSSR count).